The average Bonchev–Trinajstić information content (AvgIpc) is 2.36. The summed E-state index contributed by atoms with van der Waals surface area (Å²) in [6.07, 6.45) is 1.16. The molecule has 0 saturated carbocycles. The van der Waals surface area contributed by atoms with Crippen LogP contribution in [0.25, 0.3) is 0 Å². The second kappa shape index (κ2) is 4.16. The first-order valence-corrected chi connectivity index (χ1v) is 6.55. The Balaban J connectivity index is 2.07. The standard InChI is InChI=1S/C13H18ClN3/c1-17-11-3-2-8(14)6-9(11)13(15)10-7-16-5-4-12(10)17/h2-3,6,10,12-13,16H,4-5,7,15H2,1H3. The lowest BCUT2D eigenvalue weighted by atomic mass is 9.79. The van der Waals surface area contributed by atoms with Gasteiger partial charge < -0.3 is 16.0 Å². The van der Waals surface area contributed by atoms with Crippen molar-refractivity contribution in [2.45, 2.75) is 18.5 Å². The number of hydrogen-bond acceptors (Lipinski definition) is 3. The lowest BCUT2D eigenvalue weighted by Crippen LogP contribution is -2.55. The highest BCUT2D eigenvalue weighted by atomic mass is 35.5. The van der Waals surface area contributed by atoms with Crippen LogP contribution in [-0.4, -0.2) is 26.2 Å². The Bertz CT molecular complexity index is 435. The van der Waals surface area contributed by atoms with Crippen LogP contribution in [0.2, 0.25) is 5.02 Å². The molecular weight excluding hydrogens is 234 g/mol. The zero-order valence-electron chi connectivity index (χ0n) is 9.99. The zero-order valence-corrected chi connectivity index (χ0v) is 10.7. The van der Waals surface area contributed by atoms with Gasteiger partial charge in [-0.3, -0.25) is 0 Å². The zero-order chi connectivity index (χ0) is 12.0. The summed E-state index contributed by atoms with van der Waals surface area (Å²) in [4.78, 5) is 2.38. The molecule has 0 spiro atoms. The maximum absolute atomic E-state index is 6.41. The molecule has 1 fully saturated rings. The van der Waals surface area contributed by atoms with Crippen molar-refractivity contribution in [2.75, 3.05) is 25.0 Å². The van der Waals surface area contributed by atoms with E-state index in [-0.39, 0.29) is 6.04 Å². The Labute approximate surface area is 107 Å². The summed E-state index contributed by atoms with van der Waals surface area (Å²) >= 11 is 6.08. The molecule has 3 atom stereocenters. The molecule has 3 unspecified atom stereocenters. The van der Waals surface area contributed by atoms with E-state index in [9.17, 15) is 0 Å². The fraction of sp³-hybridized carbons (Fsp3) is 0.538. The third kappa shape index (κ3) is 1.73. The second-order valence-corrected chi connectivity index (χ2v) is 5.50. The Hall–Kier alpha value is -0.770. The first-order chi connectivity index (χ1) is 8.18. The first-order valence-electron chi connectivity index (χ1n) is 6.17. The van der Waals surface area contributed by atoms with Gasteiger partial charge in [-0.25, -0.2) is 0 Å². The van der Waals surface area contributed by atoms with E-state index in [2.05, 4.69) is 23.3 Å². The van der Waals surface area contributed by atoms with Crippen molar-refractivity contribution in [1.29, 1.82) is 0 Å². The van der Waals surface area contributed by atoms with Gasteiger partial charge in [-0.15, -0.1) is 0 Å². The number of benzene rings is 1. The summed E-state index contributed by atoms with van der Waals surface area (Å²) in [5.74, 6) is 0.486. The predicted octanol–water partition coefficient (Wildman–Crippen LogP) is 1.77. The molecule has 4 heteroatoms. The monoisotopic (exact) mass is 251 g/mol. The van der Waals surface area contributed by atoms with Crippen molar-refractivity contribution in [1.82, 2.24) is 5.32 Å². The molecule has 0 aliphatic carbocycles. The summed E-state index contributed by atoms with van der Waals surface area (Å²) in [7, 11) is 2.17. The van der Waals surface area contributed by atoms with Crippen LogP contribution in [0.4, 0.5) is 5.69 Å². The van der Waals surface area contributed by atoms with E-state index in [1.165, 1.54) is 11.3 Å². The van der Waals surface area contributed by atoms with Gasteiger partial charge in [0.05, 0.1) is 0 Å². The number of halogens is 1. The van der Waals surface area contributed by atoms with E-state index < -0.39 is 0 Å². The fourth-order valence-electron chi connectivity index (χ4n) is 3.24. The number of anilines is 1. The average molecular weight is 252 g/mol. The maximum Gasteiger partial charge on any atom is 0.0415 e. The van der Waals surface area contributed by atoms with Crippen molar-refractivity contribution in [3.05, 3.63) is 28.8 Å². The Morgan fingerprint density at radius 3 is 3.12 bits per heavy atom. The summed E-state index contributed by atoms with van der Waals surface area (Å²) < 4.78 is 0. The van der Waals surface area contributed by atoms with E-state index >= 15 is 0 Å². The van der Waals surface area contributed by atoms with Crippen LogP contribution in [0.3, 0.4) is 0 Å². The van der Waals surface area contributed by atoms with Crippen molar-refractivity contribution in [2.24, 2.45) is 11.7 Å². The summed E-state index contributed by atoms with van der Waals surface area (Å²) in [5.41, 5.74) is 8.83. The molecule has 3 N–H and O–H groups in total. The van der Waals surface area contributed by atoms with E-state index in [4.69, 9.17) is 17.3 Å². The minimum absolute atomic E-state index is 0.0951. The molecule has 2 aliphatic heterocycles. The van der Waals surface area contributed by atoms with Crippen LogP contribution >= 0.6 is 11.6 Å². The van der Waals surface area contributed by atoms with Crippen LogP contribution in [0.5, 0.6) is 0 Å². The molecule has 1 aromatic rings. The summed E-state index contributed by atoms with van der Waals surface area (Å²) in [5, 5.41) is 4.21. The normalized spacial score (nSPS) is 31.9. The number of piperidine rings is 1. The molecule has 0 aromatic heterocycles. The van der Waals surface area contributed by atoms with Crippen LogP contribution in [0.15, 0.2) is 18.2 Å². The lowest BCUT2D eigenvalue weighted by molar-refractivity contribution is 0.263. The number of hydrogen-bond donors (Lipinski definition) is 2. The van der Waals surface area contributed by atoms with Gasteiger partial charge in [0.1, 0.15) is 0 Å². The Kier molecular flexibility index (Phi) is 2.77. The number of rotatable bonds is 0. The smallest absolute Gasteiger partial charge is 0.0415 e. The molecule has 0 radical (unpaired) electrons. The molecule has 0 amide bonds. The largest absolute Gasteiger partial charge is 0.371 e. The van der Waals surface area contributed by atoms with Crippen molar-refractivity contribution < 1.29 is 0 Å². The third-order valence-electron chi connectivity index (χ3n) is 4.18. The van der Waals surface area contributed by atoms with E-state index in [0.717, 1.165) is 24.5 Å². The van der Waals surface area contributed by atoms with Gasteiger partial charge in [0.25, 0.3) is 0 Å². The van der Waals surface area contributed by atoms with Gasteiger partial charge in [-0.2, -0.15) is 0 Å². The number of fused-ring (bicyclic) bond motifs is 2. The second-order valence-electron chi connectivity index (χ2n) is 5.06. The van der Waals surface area contributed by atoms with Crippen molar-refractivity contribution in [3.8, 4) is 0 Å². The van der Waals surface area contributed by atoms with Gasteiger partial charge in [0.15, 0.2) is 0 Å². The third-order valence-corrected chi connectivity index (χ3v) is 4.41. The fourth-order valence-corrected chi connectivity index (χ4v) is 3.42. The number of nitrogens with two attached hydrogens (primary N) is 1. The van der Waals surface area contributed by atoms with Crippen LogP contribution < -0.4 is 16.0 Å². The quantitative estimate of drug-likeness (QED) is 0.739. The Morgan fingerprint density at radius 2 is 2.29 bits per heavy atom. The summed E-state index contributed by atoms with van der Waals surface area (Å²) in [6, 6.07) is 6.71. The van der Waals surface area contributed by atoms with Crippen LogP contribution in [-0.2, 0) is 0 Å². The molecule has 2 aliphatic rings. The number of nitrogens with one attached hydrogen (secondary N) is 1. The van der Waals surface area contributed by atoms with Crippen molar-refractivity contribution in [3.63, 3.8) is 0 Å². The highest BCUT2D eigenvalue weighted by Crippen LogP contribution is 2.41. The lowest BCUT2D eigenvalue weighted by Gasteiger charge is -2.47. The van der Waals surface area contributed by atoms with Gasteiger partial charge >= 0.3 is 0 Å². The molecule has 3 rings (SSSR count). The Morgan fingerprint density at radius 1 is 1.47 bits per heavy atom. The molecule has 3 nitrogen and oxygen atoms in total. The van der Waals surface area contributed by atoms with Gasteiger partial charge in [-0.1, -0.05) is 11.6 Å². The van der Waals surface area contributed by atoms with Crippen LogP contribution in [0, 0.1) is 5.92 Å². The van der Waals surface area contributed by atoms with Crippen LogP contribution in [0.1, 0.15) is 18.0 Å². The van der Waals surface area contributed by atoms with E-state index in [1.807, 2.05) is 12.1 Å². The van der Waals surface area contributed by atoms with E-state index in [1.54, 1.807) is 0 Å². The topological polar surface area (TPSA) is 41.3 Å². The van der Waals surface area contributed by atoms with Gasteiger partial charge in [-0.05, 0) is 36.7 Å². The van der Waals surface area contributed by atoms with Gasteiger partial charge in [0.2, 0.25) is 0 Å². The van der Waals surface area contributed by atoms with E-state index in [0.29, 0.717) is 12.0 Å². The minimum Gasteiger partial charge on any atom is -0.371 e. The predicted molar refractivity (Wildman–Crippen MR) is 71.5 cm³/mol. The minimum atomic E-state index is 0.0951. The van der Waals surface area contributed by atoms with Gasteiger partial charge in [0, 0.05) is 42.3 Å². The molecule has 1 saturated heterocycles. The molecule has 2 heterocycles. The molecule has 0 bridgehead atoms. The summed E-state index contributed by atoms with van der Waals surface area (Å²) in [6.45, 7) is 2.09. The molecule has 1 aromatic carbocycles. The maximum atomic E-state index is 6.41. The highest BCUT2D eigenvalue weighted by Gasteiger charge is 2.39. The SMILES string of the molecule is CN1c2ccc(Cl)cc2C(N)C2CNCCC21. The first kappa shape index (κ1) is 11.3. The molecule has 92 valence electrons. The molecule has 17 heavy (non-hydrogen) atoms. The molecular formula is C13H18ClN3. The number of nitrogens with zero attached hydrogens (tertiary/aromatic N) is 1. The highest BCUT2D eigenvalue weighted by molar-refractivity contribution is 6.30. The van der Waals surface area contributed by atoms with Crippen molar-refractivity contribution >= 4 is 17.3 Å².